The molecule has 3 rings (SSSR count). The third-order valence-electron chi connectivity index (χ3n) is 4.16. The van der Waals surface area contributed by atoms with E-state index in [1.807, 2.05) is 30.3 Å². The monoisotopic (exact) mass is 318 g/mol. The quantitative estimate of drug-likeness (QED) is 0.667. The zero-order valence-electron chi connectivity index (χ0n) is 11.8. The second-order valence-electron chi connectivity index (χ2n) is 5.46. The van der Waals surface area contributed by atoms with E-state index in [1.54, 1.807) is 0 Å². The van der Waals surface area contributed by atoms with Crippen molar-refractivity contribution in [1.82, 2.24) is 0 Å². The molecule has 0 atom stereocenters. The van der Waals surface area contributed by atoms with Crippen LogP contribution in [-0.2, 0) is 10.2 Å². The van der Waals surface area contributed by atoms with Crippen LogP contribution in [0.1, 0.15) is 24.8 Å². The van der Waals surface area contributed by atoms with Gasteiger partial charge in [0.2, 0.25) is 0 Å². The van der Waals surface area contributed by atoms with Crippen molar-refractivity contribution >= 4 is 17.6 Å². The van der Waals surface area contributed by atoms with Crippen molar-refractivity contribution in [2.75, 3.05) is 0 Å². The lowest BCUT2D eigenvalue weighted by Gasteiger charge is -2.39. The molecule has 2 aromatic carbocycles. The number of hydrogen-bond acceptors (Lipinski definition) is 4. The van der Waals surface area contributed by atoms with Gasteiger partial charge in [-0.2, -0.15) is 0 Å². The number of rotatable bonds is 3. The molecule has 114 valence electrons. The predicted molar refractivity (Wildman–Crippen MR) is 82.4 cm³/mol. The Bertz CT molecular complexity index is 708. The van der Waals surface area contributed by atoms with Gasteiger partial charge in [0, 0.05) is 12.1 Å². The normalized spacial score (nSPS) is 15.9. The largest absolute Gasteiger partial charge is 0.506 e. The third-order valence-corrected chi connectivity index (χ3v) is 4.46. The smallest absolute Gasteiger partial charge is 0.322 e. The summed E-state index contributed by atoms with van der Waals surface area (Å²) in [6.07, 6.45) is 2.37. The first kappa shape index (κ1) is 14.7. The lowest BCUT2D eigenvalue weighted by molar-refractivity contribution is -0.144. The summed E-state index contributed by atoms with van der Waals surface area (Å²) in [7, 11) is 0. The molecule has 0 radical (unpaired) electrons. The zero-order valence-corrected chi connectivity index (χ0v) is 12.5. The number of hydrogen-bond donors (Lipinski definition) is 2. The molecule has 2 N–H and O–H groups in total. The minimum Gasteiger partial charge on any atom is -0.506 e. The topological polar surface area (TPSA) is 66.8 Å². The maximum Gasteiger partial charge on any atom is 0.322 e. The van der Waals surface area contributed by atoms with Crippen LogP contribution in [0.25, 0.3) is 0 Å². The second-order valence-corrected chi connectivity index (χ2v) is 5.87. The number of halogens is 1. The van der Waals surface area contributed by atoms with Crippen LogP contribution < -0.4 is 4.74 Å². The van der Waals surface area contributed by atoms with Crippen molar-refractivity contribution in [2.45, 2.75) is 24.7 Å². The van der Waals surface area contributed by atoms with E-state index in [4.69, 9.17) is 16.3 Å². The van der Waals surface area contributed by atoms with E-state index in [0.717, 1.165) is 18.1 Å². The molecule has 0 spiro atoms. The van der Waals surface area contributed by atoms with Crippen LogP contribution in [0, 0.1) is 0 Å². The molecule has 0 heterocycles. The first-order valence-corrected chi connectivity index (χ1v) is 7.40. The Labute approximate surface area is 132 Å². The highest BCUT2D eigenvalue weighted by Crippen LogP contribution is 2.46. The molecule has 22 heavy (non-hydrogen) atoms. The standard InChI is InChI=1S/C17H15ClO4/c18-12-9-15(14(20)10-13(12)19)22-16(21)17(7-4-8-17)11-5-2-1-3-6-11/h1-3,5-6,9-10,19-20H,4,7-8H2. The molecule has 5 heteroatoms. The summed E-state index contributed by atoms with van der Waals surface area (Å²) in [5.41, 5.74) is 0.244. The predicted octanol–water partition coefficient (Wildman–Crippen LogP) is 3.78. The van der Waals surface area contributed by atoms with E-state index in [2.05, 4.69) is 0 Å². The van der Waals surface area contributed by atoms with Crippen LogP contribution in [0.5, 0.6) is 17.2 Å². The number of phenols is 2. The van der Waals surface area contributed by atoms with Crippen molar-refractivity contribution in [3.63, 3.8) is 0 Å². The maximum atomic E-state index is 12.6. The Morgan fingerprint density at radius 1 is 1.09 bits per heavy atom. The summed E-state index contributed by atoms with van der Waals surface area (Å²) < 4.78 is 5.36. The summed E-state index contributed by atoms with van der Waals surface area (Å²) >= 11 is 5.80. The van der Waals surface area contributed by atoms with Crippen LogP contribution in [0.4, 0.5) is 0 Å². The molecule has 1 aliphatic rings. The highest BCUT2D eigenvalue weighted by atomic mass is 35.5. The Balaban J connectivity index is 1.89. The van der Waals surface area contributed by atoms with E-state index >= 15 is 0 Å². The van der Waals surface area contributed by atoms with Gasteiger partial charge in [0.15, 0.2) is 11.5 Å². The van der Waals surface area contributed by atoms with E-state index in [9.17, 15) is 15.0 Å². The maximum absolute atomic E-state index is 12.6. The van der Waals surface area contributed by atoms with Gasteiger partial charge in [0.1, 0.15) is 5.75 Å². The Hall–Kier alpha value is -2.20. The third kappa shape index (κ3) is 2.40. The molecule has 0 aliphatic heterocycles. The number of benzene rings is 2. The molecule has 1 aliphatic carbocycles. The fourth-order valence-corrected chi connectivity index (χ4v) is 2.86. The molecular formula is C17H15ClO4. The van der Waals surface area contributed by atoms with Gasteiger partial charge in [-0.3, -0.25) is 4.79 Å². The van der Waals surface area contributed by atoms with Crippen molar-refractivity contribution < 1.29 is 19.7 Å². The minimum absolute atomic E-state index is 0.0166. The van der Waals surface area contributed by atoms with E-state index in [-0.39, 0.29) is 22.3 Å². The summed E-state index contributed by atoms with van der Waals surface area (Å²) in [5.74, 6) is -1.05. The summed E-state index contributed by atoms with van der Waals surface area (Å²) in [4.78, 5) is 12.6. The number of carbonyl (C=O) groups is 1. The van der Waals surface area contributed by atoms with Crippen LogP contribution in [-0.4, -0.2) is 16.2 Å². The van der Waals surface area contributed by atoms with Gasteiger partial charge >= 0.3 is 5.97 Å². The Morgan fingerprint density at radius 2 is 1.77 bits per heavy atom. The van der Waals surface area contributed by atoms with Gasteiger partial charge in [-0.25, -0.2) is 0 Å². The number of carbonyl (C=O) groups excluding carboxylic acids is 1. The molecule has 0 unspecified atom stereocenters. The average Bonchev–Trinajstić information content (AvgIpc) is 2.45. The van der Waals surface area contributed by atoms with Crippen molar-refractivity contribution in [1.29, 1.82) is 0 Å². The molecule has 4 nitrogen and oxygen atoms in total. The second kappa shape index (κ2) is 5.54. The lowest BCUT2D eigenvalue weighted by atomic mass is 9.64. The van der Waals surface area contributed by atoms with Crippen molar-refractivity contribution in [2.24, 2.45) is 0 Å². The molecule has 0 saturated heterocycles. The van der Waals surface area contributed by atoms with Gasteiger partial charge in [-0.1, -0.05) is 48.4 Å². The minimum atomic E-state index is -0.669. The average molecular weight is 319 g/mol. The first-order valence-electron chi connectivity index (χ1n) is 7.02. The van der Waals surface area contributed by atoms with Gasteiger partial charge in [-0.05, 0) is 18.4 Å². The number of esters is 1. The van der Waals surface area contributed by atoms with Crippen molar-refractivity contribution in [3.8, 4) is 17.2 Å². The van der Waals surface area contributed by atoms with Gasteiger partial charge in [0.25, 0.3) is 0 Å². The van der Waals surface area contributed by atoms with Crippen molar-refractivity contribution in [3.05, 3.63) is 53.1 Å². The SMILES string of the molecule is O=C(Oc1cc(Cl)c(O)cc1O)C1(c2ccccc2)CCC1. The van der Waals surface area contributed by atoms with Gasteiger partial charge in [-0.15, -0.1) is 0 Å². The molecule has 0 aromatic heterocycles. The molecular weight excluding hydrogens is 304 g/mol. The lowest BCUT2D eigenvalue weighted by Crippen LogP contribution is -2.45. The number of ether oxygens (including phenoxy) is 1. The molecule has 2 aromatic rings. The van der Waals surface area contributed by atoms with Crippen LogP contribution in [0.2, 0.25) is 5.02 Å². The molecule has 1 fully saturated rings. The summed E-state index contributed by atoms with van der Waals surface area (Å²) in [5, 5.41) is 19.2. The number of phenolic OH excluding ortho intramolecular Hbond substituents is 2. The van der Waals surface area contributed by atoms with E-state index in [1.165, 1.54) is 6.07 Å². The summed E-state index contributed by atoms with van der Waals surface area (Å²) in [6.45, 7) is 0. The fourth-order valence-electron chi connectivity index (χ4n) is 2.71. The molecule has 0 amide bonds. The fraction of sp³-hybridized carbons (Fsp3) is 0.235. The molecule has 1 saturated carbocycles. The number of aromatic hydroxyl groups is 2. The van der Waals surface area contributed by atoms with Gasteiger partial charge < -0.3 is 14.9 Å². The highest BCUT2D eigenvalue weighted by molar-refractivity contribution is 6.32. The highest BCUT2D eigenvalue weighted by Gasteiger charge is 2.47. The van der Waals surface area contributed by atoms with Crippen LogP contribution in [0.15, 0.2) is 42.5 Å². The van der Waals surface area contributed by atoms with Crippen LogP contribution in [0.3, 0.4) is 0 Å². The van der Waals surface area contributed by atoms with Crippen LogP contribution >= 0.6 is 11.6 Å². The van der Waals surface area contributed by atoms with Gasteiger partial charge in [0.05, 0.1) is 10.4 Å². The summed E-state index contributed by atoms with van der Waals surface area (Å²) in [6, 6.07) is 11.8. The van der Waals surface area contributed by atoms with E-state index < -0.39 is 11.4 Å². The van der Waals surface area contributed by atoms with E-state index in [0.29, 0.717) is 12.8 Å². The molecule has 0 bridgehead atoms. The zero-order chi connectivity index (χ0) is 15.7. The first-order chi connectivity index (χ1) is 10.5. The Morgan fingerprint density at radius 3 is 2.36 bits per heavy atom. The Kier molecular flexibility index (Phi) is 3.71.